The van der Waals surface area contributed by atoms with Crippen LogP contribution < -0.4 is 15.8 Å². The first kappa shape index (κ1) is 24.7. The number of carboxylic acid groups (broad SMARTS) is 1. The van der Waals surface area contributed by atoms with E-state index in [9.17, 15) is 19.5 Å². The minimum Gasteiger partial charge on any atom is -0.497 e. The molecular formula is C27H28N4O5. The average Bonchev–Trinajstić information content (AvgIpc) is 3.26. The molecule has 2 aromatic carbocycles. The van der Waals surface area contributed by atoms with Crippen molar-refractivity contribution in [1.82, 2.24) is 9.47 Å². The number of anilines is 1. The molecule has 9 heteroatoms. The second-order valence-electron chi connectivity index (χ2n) is 8.89. The van der Waals surface area contributed by atoms with Gasteiger partial charge in [0.05, 0.1) is 18.2 Å². The number of hydrogen-bond acceptors (Lipinski definition) is 5. The van der Waals surface area contributed by atoms with Crippen LogP contribution >= 0.6 is 0 Å². The topological polar surface area (TPSA) is 127 Å². The van der Waals surface area contributed by atoms with Crippen LogP contribution in [0.5, 0.6) is 5.75 Å². The number of aromatic carboxylic acids is 1. The van der Waals surface area contributed by atoms with E-state index in [0.29, 0.717) is 33.8 Å². The highest BCUT2D eigenvalue weighted by Crippen LogP contribution is 2.38. The Labute approximate surface area is 208 Å². The van der Waals surface area contributed by atoms with Crippen molar-refractivity contribution in [2.24, 2.45) is 5.73 Å². The molecule has 4 rings (SSSR count). The summed E-state index contributed by atoms with van der Waals surface area (Å²) in [7, 11) is 4.96. The van der Waals surface area contributed by atoms with E-state index >= 15 is 0 Å². The Morgan fingerprint density at radius 1 is 1.14 bits per heavy atom. The van der Waals surface area contributed by atoms with E-state index in [1.54, 1.807) is 50.6 Å². The van der Waals surface area contributed by atoms with E-state index in [2.05, 4.69) is 5.32 Å². The highest BCUT2D eigenvalue weighted by molar-refractivity contribution is 6.35. The molecule has 0 aliphatic carbocycles. The molecule has 2 amide bonds. The molecule has 0 saturated carbocycles. The number of rotatable bonds is 7. The second kappa shape index (κ2) is 9.35. The van der Waals surface area contributed by atoms with Crippen LogP contribution in [-0.4, -0.2) is 53.6 Å². The molecule has 0 saturated heterocycles. The largest absolute Gasteiger partial charge is 0.497 e. The third-order valence-electron chi connectivity index (χ3n) is 6.43. The van der Waals surface area contributed by atoms with Gasteiger partial charge in [0.1, 0.15) is 5.75 Å². The fourth-order valence-electron chi connectivity index (χ4n) is 4.76. The smallest absolute Gasteiger partial charge is 0.337 e. The number of nitrogens with zero attached hydrogens (tertiary/aromatic N) is 2. The molecule has 36 heavy (non-hydrogen) atoms. The summed E-state index contributed by atoms with van der Waals surface area (Å²) >= 11 is 0. The molecule has 0 fully saturated rings. The Hall–Kier alpha value is -4.37. The number of amides is 2. The van der Waals surface area contributed by atoms with Gasteiger partial charge in [0.2, 0.25) is 0 Å². The third kappa shape index (κ3) is 4.14. The zero-order valence-electron chi connectivity index (χ0n) is 20.7. The number of methoxy groups -OCH3 is 1. The van der Waals surface area contributed by atoms with Gasteiger partial charge < -0.3 is 25.5 Å². The second-order valence-corrected chi connectivity index (χ2v) is 8.89. The number of primary amides is 1. The summed E-state index contributed by atoms with van der Waals surface area (Å²) in [6, 6.07) is 13.3. The number of fused-ring (bicyclic) bond motifs is 1. The van der Waals surface area contributed by atoms with Crippen molar-refractivity contribution in [1.29, 1.82) is 0 Å². The Morgan fingerprint density at radius 3 is 2.44 bits per heavy atom. The van der Waals surface area contributed by atoms with E-state index in [1.165, 1.54) is 0 Å². The highest BCUT2D eigenvalue weighted by Gasteiger charge is 2.32. The maximum absolute atomic E-state index is 13.0. The molecule has 0 radical (unpaired) electrons. The minimum atomic E-state index is -1.12. The van der Waals surface area contributed by atoms with Crippen molar-refractivity contribution < 1.29 is 24.2 Å². The number of ether oxygens (including phenoxy) is 1. The molecule has 4 N–H and O–H groups in total. The zero-order valence-corrected chi connectivity index (χ0v) is 20.7. The monoisotopic (exact) mass is 488 g/mol. The van der Waals surface area contributed by atoms with Crippen molar-refractivity contribution in [3.63, 3.8) is 0 Å². The Morgan fingerprint density at radius 2 is 1.83 bits per heavy atom. The van der Waals surface area contributed by atoms with Crippen LogP contribution in [-0.2, 0) is 9.59 Å². The Kier molecular flexibility index (Phi) is 6.43. The molecule has 1 unspecified atom stereocenters. The van der Waals surface area contributed by atoms with Crippen LogP contribution in [0.3, 0.4) is 0 Å². The number of carboxylic acids is 1. The van der Waals surface area contributed by atoms with Gasteiger partial charge in [-0.15, -0.1) is 0 Å². The van der Waals surface area contributed by atoms with Crippen molar-refractivity contribution in [2.45, 2.75) is 20.0 Å². The van der Waals surface area contributed by atoms with Crippen LogP contribution in [0.15, 0.2) is 42.5 Å². The number of carbonyl (C=O) groups excluding carboxylic acids is 2. The van der Waals surface area contributed by atoms with E-state index in [0.717, 1.165) is 16.9 Å². The van der Waals surface area contributed by atoms with E-state index in [4.69, 9.17) is 10.5 Å². The molecule has 9 nitrogen and oxygen atoms in total. The maximum atomic E-state index is 13.0. The first-order valence-corrected chi connectivity index (χ1v) is 11.3. The molecule has 1 aromatic heterocycles. The third-order valence-corrected chi connectivity index (χ3v) is 6.43. The fraction of sp³-hybridized carbons (Fsp3) is 0.222. The van der Waals surface area contributed by atoms with Gasteiger partial charge in [0.25, 0.3) is 11.8 Å². The summed E-state index contributed by atoms with van der Waals surface area (Å²) in [6.07, 6.45) is 0.684. The SMILES string of the molecule is COc1cccc(-c2ccc3c(c2)NC(=O)C3=Cc2c(C)c(C(=O)O)c(C)n2C(C(N)=O)N(C)C)c1. The Balaban J connectivity index is 1.88. The van der Waals surface area contributed by atoms with Crippen LogP contribution in [0.4, 0.5) is 5.69 Å². The molecule has 186 valence electrons. The lowest BCUT2D eigenvalue weighted by Crippen LogP contribution is -2.38. The number of carbonyl (C=O) groups is 3. The number of benzene rings is 2. The summed E-state index contributed by atoms with van der Waals surface area (Å²) in [4.78, 5) is 39.0. The van der Waals surface area contributed by atoms with Crippen molar-refractivity contribution in [3.05, 3.63) is 70.5 Å². The normalized spacial score (nSPS) is 14.6. The van der Waals surface area contributed by atoms with E-state index in [-0.39, 0.29) is 11.5 Å². The average molecular weight is 489 g/mol. The van der Waals surface area contributed by atoms with Crippen molar-refractivity contribution in [2.75, 3.05) is 26.5 Å². The van der Waals surface area contributed by atoms with Gasteiger partial charge in [-0.25, -0.2) is 4.79 Å². The summed E-state index contributed by atoms with van der Waals surface area (Å²) in [5, 5.41) is 12.7. The maximum Gasteiger partial charge on any atom is 0.337 e. The highest BCUT2D eigenvalue weighted by atomic mass is 16.5. The molecule has 3 aromatic rings. The van der Waals surface area contributed by atoms with Crippen LogP contribution in [0, 0.1) is 13.8 Å². The molecule has 1 atom stereocenters. The first-order valence-electron chi connectivity index (χ1n) is 11.3. The van der Waals surface area contributed by atoms with Crippen LogP contribution in [0.25, 0.3) is 22.8 Å². The fourth-order valence-corrected chi connectivity index (χ4v) is 4.76. The standard InChI is InChI=1S/C27H28N4O5/c1-14-22(31(15(2)23(14)27(34)35)26(24(28)32)30(3)4)13-20-19-10-9-17(12-21(19)29-25(20)33)16-7-6-8-18(11-16)36-5/h6-13,26H,1-5H3,(H2,28,32)(H,29,33)(H,34,35). The van der Waals surface area contributed by atoms with Crippen molar-refractivity contribution >= 4 is 35.1 Å². The molecular weight excluding hydrogens is 460 g/mol. The first-order chi connectivity index (χ1) is 17.0. The van der Waals surface area contributed by atoms with Gasteiger partial charge in [-0.3, -0.25) is 14.5 Å². The minimum absolute atomic E-state index is 0.0713. The quantitative estimate of drug-likeness (QED) is 0.437. The lowest BCUT2D eigenvalue weighted by Gasteiger charge is -2.26. The lowest BCUT2D eigenvalue weighted by atomic mass is 9.99. The van der Waals surface area contributed by atoms with Gasteiger partial charge >= 0.3 is 5.97 Å². The summed E-state index contributed by atoms with van der Waals surface area (Å²) in [6.45, 7) is 3.29. The molecule has 0 spiro atoms. The van der Waals surface area contributed by atoms with E-state index < -0.39 is 18.0 Å². The van der Waals surface area contributed by atoms with Crippen LogP contribution in [0.2, 0.25) is 0 Å². The number of hydrogen-bond donors (Lipinski definition) is 3. The predicted octanol–water partition coefficient (Wildman–Crippen LogP) is 3.52. The number of likely N-dealkylation sites (N-methyl/N-ethyl adjacent to an activating group) is 1. The number of nitrogens with one attached hydrogen (secondary N) is 1. The predicted molar refractivity (Wildman–Crippen MR) is 138 cm³/mol. The summed E-state index contributed by atoms with van der Waals surface area (Å²) in [5.41, 5.74) is 10.5. The molecule has 1 aliphatic rings. The van der Waals surface area contributed by atoms with Gasteiger partial charge in [-0.1, -0.05) is 24.3 Å². The number of nitrogens with two attached hydrogens (primary N) is 1. The zero-order chi connectivity index (χ0) is 26.3. The van der Waals surface area contributed by atoms with Gasteiger partial charge in [-0.2, -0.15) is 0 Å². The summed E-state index contributed by atoms with van der Waals surface area (Å²) < 4.78 is 6.89. The van der Waals surface area contributed by atoms with Crippen molar-refractivity contribution in [3.8, 4) is 16.9 Å². The van der Waals surface area contributed by atoms with Crippen LogP contribution in [0.1, 0.15) is 39.0 Å². The van der Waals surface area contributed by atoms with Gasteiger partial charge in [0, 0.05) is 22.6 Å². The lowest BCUT2D eigenvalue weighted by molar-refractivity contribution is -0.125. The van der Waals surface area contributed by atoms with E-state index in [1.807, 2.05) is 42.5 Å². The van der Waals surface area contributed by atoms with Gasteiger partial charge in [0.15, 0.2) is 6.17 Å². The molecule has 2 heterocycles. The number of aromatic nitrogens is 1. The Bertz CT molecular complexity index is 1430. The molecule has 0 bridgehead atoms. The van der Waals surface area contributed by atoms with Gasteiger partial charge in [-0.05, 0) is 68.9 Å². The molecule has 1 aliphatic heterocycles. The summed E-state index contributed by atoms with van der Waals surface area (Å²) in [5.74, 6) is -1.36.